The molecule has 0 saturated heterocycles. The van der Waals surface area contributed by atoms with Crippen LogP contribution in [0.2, 0.25) is 0 Å². The first-order valence-corrected chi connectivity index (χ1v) is 7.83. The van der Waals surface area contributed by atoms with Crippen LogP contribution in [0.1, 0.15) is 19.4 Å². The Bertz CT molecular complexity index is 455. The molecule has 0 spiro atoms. The summed E-state index contributed by atoms with van der Waals surface area (Å²) in [4.78, 5) is 13.3. The Morgan fingerprint density at radius 3 is 2.45 bits per heavy atom. The maximum atomic E-state index is 11.9. The topological polar surface area (TPSA) is 59.4 Å². The van der Waals surface area contributed by atoms with Crippen LogP contribution in [0.15, 0.2) is 24.3 Å². The Morgan fingerprint density at radius 2 is 1.91 bits per heavy atom. The molecule has 0 saturated carbocycles. The molecule has 0 heterocycles. The minimum absolute atomic E-state index is 0.0730. The molecule has 0 unspecified atom stereocenters. The highest BCUT2D eigenvalue weighted by Crippen LogP contribution is 2.10. The molecule has 0 aliphatic heterocycles. The molecule has 0 aliphatic rings. The molecule has 124 valence electrons. The number of amides is 1. The summed E-state index contributed by atoms with van der Waals surface area (Å²) in [7, 11) is 5.96. The summed E-state index contributed by atoms with van der Waals surface area (Å²) in [6, 6.07) is 7.73. The number of hydrogen-bond donors (Lipinski definition) is 3. The molecule has 1 aromatic carbocycles. The molecule has 1 aromatic rings. The second kappa shape index (κ2) is 8.76. The van der Waals surface area contributed by atoms with Gasteiger partial charge >= 0.3 is 0 Å². The number of hydrogen-bond acceptors (Lipinski definition) is 2. The van der Waals surface area contributed by atoms with Crippen LogP contribution in [0, 0.1) is 5.41 Å². The van der Waals surface area contributed by atoms with E-state index in [-0.39, 0.29) is 11.3 Å². The molecule has 1 amide bonds. The van der Waals surface area contributed by atoms with Crippen molar-refractivity contribution in [3.05, 3.63) is 29.8 Å². The van der Waals surface area contributed by atoms with E-state index in [0.29, 0.717) is 13.1 Å². The van der Waals surface area contributed by atoms with E-state index in [2.05, 4.69) is 38.6 Å². The molecule has 0 fully saturated rings. The number of nitrogens with one attached hydrogen (secondary N) is 2. The summed E-state index contributed by atoms with van der Waals surface area (Å²) in [5, 5.41) is 5.04. The van der Waals surface area contributed by atoms with Crippen molar-refractivity contribution in [3.8, 4) is 5.75 Å². The van der Waals surface area contributed by atoms with Gasteiger partial charge < -0.3 is 20.3 Å². The molecular formula is C17H31N3O2+2. The van der Waals surface area contributed by atoms with Gasteiger partial charge in [-0.15, -0.1) is 0 Å². The van der Waals surface area contributed by atoms with Crippen LogP contribution in [0.5, 0.6) is 5.75 Å². The number of rotatable bonds is 9. The maximum absolute atomic E-state index is 11.9. The zero-order valence-electron chi connectivity index (χ0n) is 14.5. The number of ether oxygens (including phenoxy) is 1. The molecular weight excluding hydrogens is 278 g/mol. The lowest BCUT2D eigenvalue weighted by molar-refractivity contribution is -0.868. The number of carbonyl (C=O) groups is 1. The number of benzene rings is 1. The number of quaternary nitrogens is 2. The van der Waals surface area contributed by atoms with Gasteiger partial charge in [0.15, 0.2) is 6.54 Å². The largest absolute Gasteiger partial charge is 0.497 e. The predicted molar refractivity (Wildman–Crippen MR) is 88.0 cm³/mol. The van der Waals surface area contributed by atoms with Crippen LogP contribution in [0.4, 0.5) is 0 Å². The van der Waals surface area contributed by atoms with Crippen LogP contribution >= 0.6 is 0 Å². The molecule has 5 nitrogen and oxygen atoms in total. The van der Waals surface area contributed by atoms with E-state index < -0.39 is 0 Å². The summed E-state index contributed by atoms with van der Waals surface area (Å²) in [6.45, 7) is 7.56. The van der Waals surface area contributed by atoms with E-state index in [1.54, 1.807) is 7.11 Å². The number of methoxy groups -OCH3 is 1. The van der Waals surface area contributed by atoms with Gasteiger partial charge in [-0.3, -0.25) is 4.79 Å². The highest BCUT2D eigenvalue weighted by Gasteiger charge is 2.23. The lowest BCUT2D eigenvalue weighted by Crippen LogP contribution is -3.08. The fourth-order valence-corrected chi connectivity index (χ4v) is 2.64. The molecule has 1 rings (SSSR count). The molecule has 0 atom stereocenters. The first-order chi connectivity index (χ1) is 10.3. The summed E-state index contributed by atoms with van der Waals surface area (Å²) in [5.41, 5.74) is 1.31. The van der Waals surface area contributed by atoms with E-state index in [9.17, 15) is 4.79 Å². The lowest BCUT2D eigenvalue weighted by atomic mass is 9.93. The third kappa shape index (κ3) is 7.43. The van der Waals surface area contributed by atoms with Gasteiger partial charge in [-0.25, -0.2) is 0 Å². The highest BCUT2D eigenvalue weighted by atomic mass is 16.5. The van der Waals surface area contributed by atoms with Crippen molar-refractivity contribution in [2.24, 2.45) is 5.41 Å². The van der Waals surface area contributed by atoms with Crippen molar-refractivity contribution in [2.45, 2.75) is 20.4 Å². The van der Waals surface area contributed by atoms with Crippen LogP contribution < -0.4 is 20.3 Å². The third-order valence-corrected chi connectivity index (χ3v) is 3.51. The molecule has 0 aromatic heterocycles. The van der Waals surface area contributed by atoms with Gasteiger partial charge in [-0.05, 0) is 31.5 Å². The average molecular weight is 309 g/mol. The molecule has 0 radical (unpaired) electrons. The smallest absolute Gasteiger partial charge is 0.275 e. The maximum Gasteiger partial charge on any atom is 0.275 e. The predicted octanol–water partition coefficient (Wildman–Crippen LogP) is -0.954. The zero-order chi connectivity index (χ0) is 16.6. The Kier molecular flexibility index (Phi) is 7.35. The molecule has 0 aliphatic carbocycles. The van der Waals surface area contributed by atoms with Crippen LogP contribution in [-0.4, -0.2) is 46.7 Å². The van der Waals surface area contributed by atoms with Gasteiger partial charge in [0.25, 0.3) is 5.91 Å². The standard InChI is InChI=1S/C17H29N3O2/c1-17(2,13-20(3)4)12-18-11-16(21)19-10-14-6-8-15(22-5)9-7-14/h6-9,18H,10-13H2,1-5H3,(H,19,21)/p+2. The average Bonchev–Trinajstić information content (AvgIpc) is 2.44. The van der Waals surface area contributed by atoms with E-state index in [0.717, 1.165) is 24.4 Å². The normalized spacial score (nSPS) is 11.5. The van der Waals surface area contributed by atoms with Crippen molar-refractivity contribution in [2.75, 3.05) is 40.8 Å². The van der Waals surface area contributed by atoms with Crippen molar-refractivity contribution in [1.82, 2.24) is 5.32 Å². The van der Waals surface area contributed by atoms with E-state index in [1.165, 1.54) is 4.90 Å². The molecule has 4 N–H and O–H groups in total. The number of carbonyl (C=O) groups excluding carboxylic acids is 1. The van der Waals surface area contributed by atoms with Gasteiger partial charge in [0.2, 0.25) is 0 Å². The summed E-state index contributed by atoms with van der Waals surface area (Å²) in [5.74, 6) is 0.900. The minimum Gasteiger partial charge on any atom is -0.497 e. The van der Waals surface area contributed by atoms with Crippen molar-refractivity contribution in [3.63, 3.8) is 0 Å². The Balaban J connectivity index is 2.25. The van der Waals surface area contributed by atoms with Crippen LogP contribution in [0.25, 0.3) is 0 Å². The fourth-order valence-electron chi connectivity index (χ4n) is 2.64. The Hall–Kier alpha value is -1.59. The lowest BCUT2D eigenvalue weighted by Gasteiger charge is -2.23. The van der Waals surface area contributed by atoms with Crippen molar-refractivity contribution in [1.29, 1.82) is 0 Å². The quantitative estimate of drug-likeness (QED) is 0.551. The summed E-state index contributed by atoms with van der Waals surface area (Å²) < 4.78 is 5.11. The fraction of sp³-hybridized carbons (Fsp3) is 0.588. The highest BCUT2D eigenvalue weighted by molar-refractivity contribution is 5.76. The number of nitrogens with two attached hydrogens (primary N) is 1. The van der Waals surface area contributed by atoms with Gasteiger partial charge in [0, 0.05) is 6.54 Å². The van der Waals surface area contributed by atoms with E-state index >= 15 is 0 Å². The van der Waals surface area contributed by atoms with Gasteiger partial charge in [-0.1, -0.05) is 12.1 Å². The van der Waals surface area contributed by atoms with E-state index in [4.69, 9.17) is 4.74 Å². The van der Waals surface area contributed by atoms with Gasteiger partial charge in [0.05, 0.1) is 39.7 Å². The zero-order valence-corrected chi connectivity index (χ0v) is 14.5. The van der Waals surface area contributed by atoms with Crippen LogP contribution in [-0.2, 0) is 11.3 Å². The Labute approximate surface area is 134 Å². The van der Waals surface area contributed by atoms with Crippen molar-refractivity contribution >= 4 is 5.91 Å². The van der Waals surface area contributed by atoms with Gasteiger partial charge in [0.1, 0.15) is 5.75 Å². The minimum atomic E-state index is 0.0730. The summed E-state index contributed by atoms with van der Waals surface area (Å²) >= 11 is 0. The molecule has 5 heteroatoms. The first-order valence-electron chi connectivity index (χ1n) is 7.83. The third-order valence-electron chi connectivity index (χ3n) is 3.51. The summed E-state index contributed by atoms with van der Waals surface area (Å²) in [6.07, 6.45) is 0. The molecule has 0 bridgehead atoms. The second-order valence-electron chi connectivity index (χ2n) is 6.87. The first kappa shape index (κ1) is 18.5. The second-order valence-corrected chi connectivity index (χ2v) is 6.87. The van der Waals surface area contributed by atoms with Gasteiger partial charge in [-0.2, -0.15) is 0 Å². The Morgan fingerprint density at radius 1 is 1.27 bits per heavy atom. The SMILES string of the molecule is COc1ccc(CNC(=O)C[NH2+]CC(C)(C)C[NH+](C)C)cc1. The van der Waals surface area contributed by atoms with Crippen molar-refractivity contribution < 1.29 is 19.7 Å². The molecule has 22 heavy (non-hydrogen) atoms. The van der Waals surface area contributed by atoms with E-state index in [1.807, 2.05) is 24.3 Å². The van der Waals surface area contributed by atoms with Crippen LogP contribution in [0.3, 0.4) is 0 Å². The monoisotopic (exact) mass is 309 g/mol.